The van der Waals surface area contributed by atoms with Crippen molar-refractivity contribution in [2.24, 2.45) is 0 Å². The van der Waals surface area contributed by atoms with Crippen LogP contribution < -0.4 is 10.1 Å². The molecule has 0 amide bonds. The summed E-state index contributed by atoms with van der Waals surface area (Å²) in [5.41, 5.74) is 2.43. The molecule has 0 aliphatic rings. The Hall–Kier alpha value is -2.36. The topological polar surface area (TPSA) is 24.5 Å². The molecule has 27 heavy (non-hydrogen) atoms. The highest BCUT2D eigenvalue weighted by Crippen LogP contribution is 2.28. The van der Waals surface area contributed by atoms with E-state index in [1.165, 1.54) is 21.9 Å². The van der Waals surface area contributed by atoms with Gasteiger partial charge in [0, 0.05) is 25.2 Å². The van der Waals surface area contributed by atoms with Gasteiger partial charge < -0.3 is 15.0 Å². The molecule has 0 saturated heterocycles. The molecule has 0 atom stereocenters. The van der Waals surface area contributed by atoms with Crippen molar-refractivity contribution in [3.63, 3.8) is 0 Å². The second-order valence-corrected chi connectivity index (χ2v) is 6.74. The van der Waals surface area contributed by atoms with Gasteiger partial charge in [-0.05, 0) is 35.5 Å². The van der Waals surface area contributed by atoms with Gasteiger partial charge in [-0.3, -0.25) is 0 Å². The third-order valence-corrected chi connectivity index (χ3v) is 5.04. The zero-order valence-corrected chi connectivity index (χ0v) is 16.4. The summed E-state index contributed by atoms with van der Waals surface area (Å²) in [6.07, 6.45) is 0. The van der Waals surface area contributed by atoms with Crippen molar-refractivity contribution < 1.29 is 4.74 Å². The Bertz CT molecular complexity index is 828. The first-order valence-corrected chi connectivity index (χ1v) is 9.92. The predicted octanol–water partition coefficient (Wildman–Crippen LogP) is 4.85. The lowest BCUT2D eigenvalue weighted by atomic mass is 10.0. The van der Waals surface area contributed by atoms with Crippen molar-refractivity contribution in [1.82, 2.24) is 10.2 Å². The van der Waals surface area contributed by atoms with Crippen molar-refractivity contribution in [2.75, 3.05) is 26.2 Å². The van der Waals surface area contributed by atoms with Crippen LogP contribution in [0.4, 0.5) is 0 Å². The maximum absolute atomic E-state index is 6.20. The summed E-state index contributed by atoms with van der Waals surface area (Å²) in [5.74, 6) is 0.966. The fraction of sp³-hybridized carbons (Fsp3) is 0.333. The van der Waals surface area contributed by atoms with Gasteiger partial charge in [0.15, 0.2) is 0 Å². The number of hydrogen-bond acceptors (Lipinski definition) is 3. The molecule has 3 rings (SSSR count). The molecule has 0 aliphatic carbocycles. The van der Waals surface area contributed by atoms with E-state index in [0.717, 1.165) is 38.5 Å². The summed E-state index contributed by atoms with van der Waals surface area (Å²) < 4.78 is 6.20. The van der Waals surface area contributed by atoms with E-state index in [0.29, 0.717) is 6.61 Å². The smallest absolute Gasteiger partial charge is 0.124 e. The molecule has 0 bridgehead atoms. The van der Waals surface area contributed by atoms with E-state index in [1.807, 2.05) is 6.07 Å². The van der Waals surface area contributed by atoms with Crippen LogP contribution in [0.1, 0.15) is 25.0 Å². The lowest BCUT2D eigenvalue weighted by molar-refractivity contribution is 0.296. The van der Waals surface area contributed by atoms with Crippen LogP contribution >= 0.6 is 0 Å². The van der Waals surface area contributed by atoms with E-state index in [1.54, 1.807) is 0 Å². The fourth-order valence-electron chi connectivity index (χ4n) is 3.36. The van der Waals surface area contributed by atoms with E-state index in [2.05, 4.69) is 84.7 Å². The van der Waals surface area contributed by atoms with Crippen molar-refractivity contribution in [3.05, 3.63) is 77.9 Å². The zero-order valence-electron chi connectivity index (χ0n) is 16.4. The van der Waals surface area contributed by atoms with Crippen molar-refractivity contribution in [2.45, 2.75) is 27.0 Å². The van der Waals surface area contributed by atoms with E-state index < -0.39 is 0 Å². The maximum Gasteiger partial charge on any atom is 0.124 e. The van der Waals surface area contributed by atoms with Crippen LogP contribution in [-0.4, -0.2) is 31.1 Å². The Morgan fingerprint density at radius 2 is 1.59 bits per heavy atom. The third kappa shape index (κ3) is 5.31. The van der Waals surface area contributed by atoms with Crippen LogP contribution in [0, 0.1) is 0 Å². The fourth-order valence-corrected chi connectivity index (χ4v) is 3.36. The van der Waals surface area contributed by atoms with Crippen LogP contribution in [0.5, 0.6) is 5.75 Å². The minimum Gasteiger partial charge on any atom is -0.489 e. The zero-order chi connectivity index (χ0) is 18.9. The van der Waals surface area contributed by atoms with Crippen LogP contribution in [0.15, 0.2) is 66.7 Å². The number of benzene rings is 3. The molecule has 1 N–H and O–H groups in total. The SMILES string of the molecule is CCN(CC)CCNCc1c(OCc2ccccc2)ccc2ccccc12. The highest BCUT2D eigenvalue weighted by molar-refractivity contribution is 5.87. The molecular weight excluding hydrogens is 332 g/mol. The second kappa shape index (κ2) is 10.1. The third-order valence-electron chi connectivity index (χ3n) is 5.04. The van der Waals surface area contributed by atoms with Gasteiger partial charge in [0.2, 0.25) is 0 Å². The van der Waals surface area contributed by atoms with E-state index >= 15 is 0 Å². The van der Waals surface area contributed by atoms with Gasteiger partial charge in [0.05, 0.1) is 0 Å². The number of rotatable bonds is 10. The first kappa shape index (κ1) is 19.4. The molecule has 0 aromatic heterocycles. The Morgan fingerprint density at radius 1 is 0.852 bits per heavy atom. The average molecular weight is 363 g/mol. The summed E-state index contributed by atoms with van der Waals surface area (Å²) in [6.45, 7) is 10.1. The van der Waals surface area contributed by atoms with Gasteiger partial charge in [-0.25, -0.2) is 0 Å². The van der Waals surface area contributed by atoms with Crippen LogP contribution in [0.25, 0.3) is 10.8 Å². The Morgan fingerprint density at radius 3 is 2.37 bits per heavy atom. The average Bonchev–Trinajstić information content (AvgIpc) is 2.73. The molecule has 3 aromatic rings. The minimum atomic E-state index is 0.589. The second-order valence-electron chi connectivity index (χ2n) is 6.74. The van der Waals surface area contributed by atoms with Gasteiger partial charge in [-0.2, -0.15) is 0 Å². The highest BCUT2D eigenvalue weighted by Gasteiger charge is 2.09. The maximum atomic E-state index is 6.20. The van der Waals surface area contributed by atoms with Crippen LogP contribution in [0.3, 0.4) is 0 Å². The van der Waals surface area contributed by atoms with E-state index in [9.17, 15) is 0 Å². The molecule has 0 aliphatic heterocycles. The minimum absolute atomic E-state index is 0.589. The number of hydrogen-bond donors (Lipinski definition) is 1. The summed E-state index contributed by atoms with van der Waals surface area (Å²) in [5, 5.41) is 6.13. The monoisotopic (exact) mass is 362 g/mol. The number of fused-ring (bicyclic) bond motifs is 1. The van der Waals surface area contributed by atoms with Gasteiger partial charge in [0.25, 0.3) is 0 Å². The largest absolute Gasteiger partial charge is 0.489 e. The van der Waals surface area contributed by atoms with E-state index in [4.69, 9.17) is 4.74 Å². The van der Waals surface area contributed by atoms with Gasteiger partial charge in [0.1, 0.15) is 12.4 Å². The molecule has 0 saturated carbocycles. The molecule has 3 nitrogen and oxygen atoms in total. The first-order chi connectivity index (χ1) is 13.3. The molecule has 0 radical (unpaired) electrons. The molecule has 142 valence electrons. The molecule has 0 unspecified atom stereocenters. The van der Waals surface area contributed by atoms with Crippen LogP contribution in [-0.2, 0) is 13.2 Å². The summed E-state index contributed by atoms with van der Waals surface area (Å²) in [6, 6.07) is 23.1. The summed E-state index contributed by atoms with van der Waals surface area (Å²) >= 11 is 0. The number of likely N-dealkylation sites (N-methyl/N-ethyl adjacent to an activating group) is 1. The lowest BCUT2D eigenvalue weighted by Gasteiger charge is -2.19. The predicted molar refractivity (Wildman–Crippen MR) is 114 cm³/mol. The molecule has 0 fully saturated rings. The van der Waals surface area contributed by atoms with Gasteiger partial charge in [-0.15, -0.1) is 0 Å². The molecule has 3 aromatic carbocycles. The highest BCUT2D eigenvalue weighted by atomic mass is 16.5. The standard InChI is InChI=1S/C24H30N2O/c1-3-26(4-2)17-16-25-18-23-22-13-9-8-12-21(22)14-15-24(23)27-19-20-10-6-5-7-11-20/h5-15,25H,3-4,16-19H2,1-2H3. The van der Waals surface area contributed by atoms with E-state index in [-0.39, 0.29) is 0 Å². The summed E-state index contributed by atoms with van der Waals surface area (Å²) in [4.78, 5) is 2.43. The first-order valence-electron chi connectivity index (χ1n) is 9.92. The molecular formula is C24H30N2O. The Kier molecular flexibility index (Phi) is 7.26. The van der Waals surface area contributed by atoms with Crippen LogP contribution in [0.2, 0.25) is 0 Å². The number of ether oxygens (including phenoxy) is 1. The molecule has 3 heteroatoms. The quantitative estimate of drug-likeness (QED) is 0.522. The van der Waals surface area contributed by atoms with Crippen molar-refractivity contribution >= 4 is 10.8 Å². The molecule has 0 spiro atoms. The van der Waals surface area contributed by atoms with Crippen molar-refractivity contribution in [1.29, 1.82) is 0 Å². The lowest BCUT2D eigenvalue weighted by Crippen LogP contribution is -2.31. The Balaban J connectivity index is 1.73. The molecule has 0 heterocycles. The van der Waals surface area contributed by atoms with Gasteiger partial charge in [-0.1, -0.05) is 74.5 Å². The number of nitrogens with one attached hydrogen (secondary N) is 1. The Labute approximate surface area is 163 Å². The summed E-state index contributed by atoms with van der Waals surface area (Å²) in [7, 11) is 0. The normalized spacial score (nSPS) is 11.2. The number of nitrogens with zero attached hydrogens (tertiary/aromatic N) is 1. The van der Waals surface area contributed by atoms with Crippen molar-refractivity contribution in [3.8, 4) is 5.75 Å². The van der Waals surface area contributed by atoms with Gasteiger partial charge >= 0.3 is 0 Å².